The summed E-state index contributed by atoms with van der Waals surface area (Å²) in [6.45, 7) is 6.97. The van der Waals surface area contributed by atoms with Gasteiger partial charge in [-0.05, 0) is 50.5 Å². The average Bonchev–Trinajstić information content (AvgIpc) is 2.74. The highest BCUT2D eigenvalue weighted by Crippen LogP contribution is 2.22. The van der Waals surface area contributed by atoms with Gasteiger partial charge in [-0.25, -0.2) is 4.98 Å². The lowest BCUT2D eigenvalue weighted by Crippen LogP contribution is -2.49. The highest BCUT2D eigenvalue weighted by molar-refractivity contribution is 6.30. The van der Waals surface area contributed by atoms with Gasteiger partial charge in [0.25, 0.3) is 5.91 Å². The van der Waals surface area contributed by atoms with Crippen molar-refractivity contribution in [2.75, 3.05) is 49.1 Å². The van der Waals surface area contributed by atoms with Crippen LogP contribution >= 0.6 is 11.6 Å². The van der Waals surface area contributed by atoms with E-state index in [2.05, 4.69) is 20.9 Å². The van der Waals surface area contributed by atoms with Crippen LogP contribution in [0.5, 0.6) is 0 Å². The minimum absolute atomic E-state index is 0.0514. The van der Waals surface area contributed by atoms with Gasteiger partial charge in [0, 0.05) is 61.6 Å². The smallest absolute Gasteiger partial charge is 0.253 e. The Morgan fingerprint density at radius 1 is 0.893 bits per heavy atom. The van der Waals surface area contributed by atoms with Crippen molar-refractivity contribution in [3.8, 4) is 0 Å². The van der Waals surface area contributed by atoms with Crippen LogP contribution in [-0.2, 0) is 0 Å². The molecule has 0 bridgehead atoms. The third-order valence-electron chi connectivity index (χ3n) is 5.45. The van der Waals surface area contributed by atoms with Crippen molar-refractivity contribution in [2.45, 2.75) is 26.2 Å². The van der Waals surface area contributed by atoms with Crippen molar-refractivity contribution < 1.29 is 4.79 Å². The quantitative estimate of drug-likeness (QED) is 0.791. The van der Waals surface area contributed by atoms with Crippen LogP contribution in [0.3, 0.4) is 0 Å². The number of benzene rings is 1. The van der Waals surface area contributed by atoms with E-state index in [1.807, 2.05) is 11.8 Å². The summed E-state index contributed by atoms with van der Waals surface area (Å²) in [7, 11) is 0. The first kappa shape index (κ1) is 19.0. The van der Waals surface area contributed by atoms with E-state index in [-0.39, 0.29) is 5.91 Å². The molecule has 4 rings (SSSR count). The molecule has 1 aromatic heterocycles. The van der Waals surface area contributed by atoms with E-state index in [0.29, 0.717) is 23.7 Å². The van der Waals surface area contributed by atoms with Crippen LogP contribution < -0.4 is 9.80 Å². The summed E-state index contributed by atoms with van der Waals surface area (Å²) in [5.41, 5.74) is 1.67. The normalized spacial score (nSPS) is 17.7. The number of nitrogens with zero attached hydrogens (tertiary/aromatic N) is 5. The Balaban J connectivity index is 1.42. The maximum absolute atomic E-state index is 12.7. The van der Waals surface area contributed by atoms with E-state index in [9.17, 15) is 4.79 Å². The number of piperazine rings is 1. The van der Waals surface area contributed by atoms with E-state index in [0.717, 1.165) is 43.6 Å². The number of halogens is 1. The molecule has 148 valence electrons. The fourth-order valence-electron chi connectivity index (χ4n) is 3.85. The van der Waals surface area contributed by atoms with Crippen LogP contribution in [0.25, 0.3) is 0 Å². The molecule has 0 atom stereocenters. The third-order valence-corrected chi connectivity index (χ3v) is 5.70. The molecule has 2 saturated heterocycles. The van der Waals surface area contributed by atoms with Gasteiger partial charge in [0.05, 0.1) is 0 Å². The molecule has 0 radical (unpaired) electrons. The van der Waals surface area contributed by atoms with Crippen LogP contribution in [0.1, 0.15) is 35.3 Å². The van der Waals surface area contributed by atoms with Crippen molar-refractivity contribution in [3.05, 3.63) is 46.6 Å². The van der Waals surface area contributed by atoms with Crippen molar-refractivity contribution in [1.29, 1.82) is 0 Å². The zero-order valence-corrected chi connectivity index (χ0v) is 17.0. The first-order valence-corrected chi connectivity index (χ1v) is 10.4. The fraction of sp³-hybridized carbons (Fsp3) is 0.476. The third kappa shape index (κ3) is 4.22. The summed E-state index contributed by atoms with van der Waals surface area (Å²) in [5, 5.41) is 0.641. The van der Waals surface area contributed by atoms with Gasteiger partial charge in [-0.2, -0.15) is 4.98 Å². The summed E-state index contributed by atoms with van der Waals surface area (Å²) in [5.74, 6) is 1.86. The van der Waals surface area contributed by atoms with E-state index in [1.165, 1.54) is 19.3 Å². The summed E-state index contributed by atoms with van der Waals surface area (Å²) >= 11 is 5.92. The Kier molecular flexibility index (Phi) is 5.67. The first-order valence-electron chi connectivity index (χ1n) is 10.0. The van der Waals surface area contributed by atoms with Crippen LogP contribution in [0.4, 0.5) is 11.8 Å². The number of hydrogen-bond donors (Lipinski definition) is 0. The van der Waals surface area contributed by atoms with E-state index >= 15 is 0 Å². The van der Waals surface area contributed by atoms with Gasteiger partial charge in [0.2, 0.25) is 5.95 Å². The summed E-state index contributed by atoms with van der Waals surface area (Å²) in [4.78, 5) is 28.6. The summed E-state index contributed by atoms with van der Waals surface area (Å²) in [6, 6.07) is 9.16. The standard InChI is InChI=1S/C21H26ClN5O/c1-16-15-19(25-9-3-2-4-10-25)24-21(23-16)27-13-11-26(12-14-27)20(28)17-5-7-18(22)8-6-17/h5-8,15H,2-4,9-14H2,1H3. The minimum Gasteiger partial charge on any atom is -0.356 e. The van der Waals surface area contributed by atoms with Gasteiger partial charge >= 0.3 is 0 Å². The predicted octanol–water partition coefficient (Wildman–Crippen LogP) is 3.39. The molecule has 2 fully saturated rings. The van der Waals surface area contributed by atoms with Crippen molar-refractivity contribution in [2.24, 2.45) is 0 Å². The highest BCUT2D eigenvalue weighted by Gasteiger charge is 2.24. The van der Waals surface area contributed by atoms with Crippen LogP contribution in [0.15, 0.2) is 30.3 Å². The number of hydrogen-bond acceptors (Lipinski definition) is 5. The van der Waals surface area contributed by atoms with Crippen molar-refractivity contribution >= 4 is 29.3 Å². The second-order valence-electron chi connectivity index (χ2n) is 7.50. The summed E-state index contributed by atoms with van der Waals surface area (Å²) in [6.07, 6.45) is 3.75. The Morgan fingerprint density at radius 3 is 2.25 bits per heavy atom. The molecule has 1 aromatic carbocycles. The molecule has 2 aliphatic heterocycles. The molecular formula is C21H26ClN5O. The van der Waals surface area contributed by atoms with Gasteiger partial charge in [0.15, 0.2) is 0 Å². The molecule has 0 saturated carbocycles. The lowest BCUT2D eigenvalue weighted by atomic mass is 10.1. The lowest BCUT2D eigenvalue weighted by molar-refractivity contribution is 0.0746. The number of carbonyl (C=O) groups is 1. The Labute approximate surface area is 171 Å². The number of piperidine rings is 1. The molecule has 7 heteroatoms. The number of carbonyl (C=O) groups excluding carboxylic acids is 1. The second-order valence-corrected chi connectivity index (χ2v) is 7.94. The van der Waals surface area contributed by atoms with Gasteiger partial charge < -0.3 is 14.7 Å². The highest BCUT2D eigenvalue weighted by atomic mass is 35.5. The predicted molar refractivity (Wildman–Crippen MR) is 112 cm³/mol. The number of anilines is 2. The Bertz CT molecular complexity index is 827. The van der Waals surface area contributed by atoms with Gasteiger partial charge in [-0.3, -0.25) is 4.79 Å². The fourth-order valence-corrected chi connectivity index (χ4v) is 3.97. The molecule has 1 amide bonds. The molecule has 2 aliphatic rings. The molecule has 2 aromatic rings. The Hall–Kier alpha value is -2.34. The number of amides is 1. The SMILES string of the molecule is Cc1cc(N2CCCCC2)nc(N2CCN(C(=O)c3ccc(Cl)cc3)CC2)n1. The summed E-state index contributed by atoms with van der Waals surface area (Å²) < 4.78 is 0. The van der Waals surface area contributed by atoms with Gasteiger partial charge in [-0.1, -0.05) is 11.6 Å². The zero-order chi connectivity index (χ0) is 19.5. The number of aromatic nitrogens is 2. The second kappa shape index (κ2) is 8.35. The number of aryl methyl sites for hydroxylation is 1. The van der Waals surface area contributed by atoms with Gasteiger partial charge in [-0.15, -0.1) is 0 Å². The lowest BCUT2D eigenvalue weighted by Gasteiger charge is -2.35. The maximum Gasteiger partial charge on any atom is 0.253 e. The van der Waals surface area contributed by atoms with E-state index < -0.39 is 0 Å². The van der Waals surface area contributed by atoms with Crippen molar-refractivity contribution in [3.63, 3.8) is 0 Å². The van der Waals surface area contributed by atoms with E-state index in [1.54, 1.807) is 24.3 Å². The van der Waals surface area contributed by atoms with Crippen molar-refractivity contribution in [1.82, 2.24) is 14.9 Å². The largest absolute Gasteiger partial charge is 0.356 e. The average molecular weight is 400 g/mol. The van der Waals surface area contributed by atoms with Gasteiger partial charge in [0.1, 0.15) is 5.82 Å². The first-order chi connectivity index (χ1) is 13.6. The van der Waals surface area contributed by atoms with Crippen LogP contribution in [-0.4, -0.2) is 60.0 Å². The molecule has 3 heterocycles. The minimum atomic E-state index is 0.0514. The monoisotopic (exact) mass is 399 g/mol. The van der Waals surface area contributed by atoms with Crippen LogP contribution in [0, 0.1) is 6.92 Å². The Morgan fingerprint density at radius 2 is 1.57 bits per heavy atom. The van der Waals surface area contributed by atoms with E-state index in [4.69, 9.17) is 16.6 Å². The molecule has 0 N–H and O–H groups in total. The maximum atomic E-state index is 12.7. The molecule has 0 spiro atoms. The van der Waals surface area contributed by atoms with Crippen LogP contribution in [0.2, 0.25) is 5.02 Å². The molecule has 6 nitrogen and oxygen atoms in total. The molecule has 28 heavy (non-hydrogen) atoms. The number of rotatable bonds is 3. The topological polar surface area (TPSA) is 52.6 Å². The molecular weight excluding hydrogens is 374 g/mol. The zero-order valence-electron chi connectivity index (χ0n) is 16.3. The molecule has 0 unspecified atom stereocenters. The molecule has 0 aliphatic carbocycles.